The van der Waals surface area contributed by atoms with Crippen molar-refractivity contribution in [2.24, 2.45) is 0 Å². The van der Waals surface area contributed by atoms with Crippen LogP contribution in [0.5, 0.6) is 11.5 Å². The number of hydrogen-bond donors (Lipinski definition) is 1. The number of thiophene rings is 1. The smallest absolute Gasteiger partial charge is 0.237 e. The van der Waals surface area contributed by atoms with Crippen LogP contribution in [0, 0.1) is 12.7 Å². The molecule has 0 radical (unpaired) electrons. The minimum Gasteiger partial charge on any atom is -0.491 e. The third kappa shape index (κ3) is 7.19. The van der Waals surface area contributed by atoms with Crippen molar-refractivity contribution in [2.45, 2.75) is 25.5 Å². The largest absolute Gasteiger partial charge is 0.491 e. The second kappa shape index (κ2) is 12.9. The Morgan fingerprint density at radius 2 is 2.03 bits per heavy atom. The molecule has 1 aliphatic rings. The second-order valence-corrected chi connectivity index (χ2v) is 10.1. The lowest BCUT2D eigenvalue weighted by atomic mass is 10.0. The molecule has 2 atom stereocenters. The van der Waals surface area contributed by atoms with Crippen LogP contribution in [0.3, 0.4) is 0 Å². The van der Waals surface area contributed by atoms with Gasteiger partial charge in [-0.15, -0.1) is 17.9 Å². The molecule has 1 aliphatic heterocycles. The Labute approximate surface area is 221 Å². The number of hydrogen-bond acceptors (Lipinski definition) is 6. The predicted octanol–water partition coefficient (Wildman–Crippen LogP) is 4.63. The van der Waals surface area contributed by atoms with Crippen LogP contribution in [-0.4, -0.2) is 66.3 Å². The first-order valence-electron chi connectivity index (χ1n) is 12.4. The van der Waals surface area contributed by atoms with E-state index in [4.69, 9.17) is 9.47 Å². The lowest BCUT2D eigenvalue weighted by Crippen LogP contribution is -2.48. The zero-order chi connectivity index (χ0) is 26.2. The summed E-state index contributed by atoms with van der Waals surface area (Å²) in [5.74, 6) is 0.923. The van der Waals surface area contributed by atoms with E-state index >= 15 is 0 Å². The van der Waals surface area contributed by atoms with E-state index in [1.54, 1.807) is 29.5 Å². The van der Waals surface area contributed by atoms with E-state index in [0.717, 1.165) is 23.3 Å². The maximum Gasteiger partial charge on any atom is 0.237 e. The minimum absolute atomic E-state index is 0.0431. The molecule has 6 nitrogen and oxygen atoms in total. The molecule has 0 fully saturated rings. The third-order valence-corrected chi connectivity index (χ3v) is 7.37. The van der Waals surface area contributed by atoms with Gasteiger partial charge in [0.15, 0.2) is 0 Å². The zero-order valence-corrected chi connectivity index (χ0v) is 21.8. The van der Waals surface area contributed by atoms with Crippen molar-refractivity contribution in [1.82, 2.24) is 9.80 Å². The van der Waals surface area contributed by atoms with Crippen molar-refractivity contribution in [3.05, 3.63) is 94.5 Å². The van der Waals surface area contributed by atoms with E-state index in [1.165, 1.54) is 17.0 Å². The third-order valence-electron chi connectivity index (χ3n) is 6.38. The van der Waals surface area contributed by atoms with Crippen molar-refractivity contribution in [2.75, 3.05) is 39.4 Å². The molecule has 0 saturated carbocycles. The summed E-state index contributed by atoms with van der Waals surface area (Å²) >= 11 is 1.69. The summed E-state index contributed by atoms with van der Waals surface area (Å²) in [6.07, 6.45) is 1.75. The number of nitrogens with zero attached hydrogens (tertiary/aromatic N) is 2. The molecule has 1 N–H and O–H groups in total. The summed E-state index contributed by atoms with van der Waals surface area (Å²) < 4.78 is 25.0. The molecule has 0 aliphatic carbocycles. The van der Waals surface area contributed by atoms with Crippen LogP contribution < -0.4 is 9.47 Å². The van der Waals surface area contributed by atoms with E-state index in [-0.39, 0.29) is 44.1 Å². The van der Waals surface area contributed by atoms with Crippen LogP contribution in [0.25, 0.3) is 0 Å². The maximum absolute atomic E-state index is 13.5. The number of aryl methyl sites for hydroxylation is 1. The van der Waals surface area contributed by atoms with Crippen LogP contribution in [0.2, 0.25) is 0 Å². The van der Waals surface area contributed by atoms with Gasteiger partial charge in [0.25, 0.3) is 0 Å². The van der Waals surface area contributed by atoms with E-state index < -0.39 is 6.10 Å². The number of rotatable bonds is 12. The molecule has 1 aromatic heterocycles. The van der Waals surface area contributed by atoms with Crippen molar-refractivity contribution < 1.29 is 23.8 Å². The monoisotopic (exact) mass is 524 g/mol. The number of carbonyl (C=O) groups is 1. The van der Waals surface area contributed by atoms with Crippen LogP contribution in [0.4, 0.5) is 4.39 Å². The summed E-state index contributed by atoms with van der Waals surface area (Å²) in [6.45, 7) is 7.63. The van der Waals surface area contributed by atoms with Gasteiger partial charge in [-0.2, -0.15) is 0 Å². The number of ether oxygens (including phenoxy) is 2. The van der Waals surface area contributed by atoms with Crippen LogP contribution >= 0.6 is 11.3 Å². The number of benzene rings is 2. The summed E-state index contributed by atoms with van der Waals surface area (Å²) in [7, 11) is 0. The van der Waals surface area contributed by atoms with Crippen LogP contribution in [0.15, 0.2) is 72.6 Å². The molecule has 1 amide bonds. The lowest BCUT2D eigenvalue weighted by molar-refractivity contribution is -0.136. The van der Waals surface area contributed by atoms with Gasteiger partial charge in [-0.25, -0.2) is 4.39 Å². The van der Waals surface area contributed by atoms with Crippen molar-refractivity contribution >= 4 is 17.2 Å². The standard InChI is InChI=1S/C29H33FN2O4S/c1-3-14-31(17-23(33)19-36-27-7-5-4-6-21(27)2)18-29(34)32-15-12-28-25(13-16-37-28)26(32)20-35-24-10-8-22(30)9-11-24/h3-11,13,16,23,26,33H,1,12,14-15,17-20H2,2H3/t23-,26+/m1/s1. The highest BCUT2D eigenvalue weighted by atomic mass is 32.1. The van der Waals surface area contributed by atoms with E-state index in [9.17, 15) is 14.3 Å². The first-order valence-corrected chi connectivity index (χ1v) is 13.3. The molecule has 196 valence electrons. The van der Waals surface area contributed by atoms with Gasteiger partial charge in [0.1, 0.15) is 36.6 Å². The van der Waals surface area contributed by atoms with Gasteiger partial charge in [0, 0.05) is 24.5 Å². The maximum atomic E-state index is 13.5. The highest BCUT2D eigenvalue weighted by molar-refractivity contribution is 7.10. The Morgan fingerprint density at radius 1 is 1.24 bits per heavy atom. The Bertz CT molecular complexity index is 1180. The molecule has 8 heteroatoms. The number of aliphatic hydroxyl groups excluding tert-OH is 1. The van der Waals surface area contributed by atoms with E-state index in [1.807, 2.05) is 52.4 Å². The quantitative estimate of drug-likeness (QED) is 0.350. The molecule has 2 heterocycles. The van der Waals surface area contributed by atoms with E-state index in [0.29, 0.717) is 18.8 Å². The van der Waals surface area contributed by atoms with Gasteiger partial charge in [-0.1, -0.05) is 24.3 Å². The highest BCUT2D eigenvalue weighted by Crippen LogP contribution is 2.34. The van der Waals surface area contributed by atoms with Gasteiger partial charge < -0.3 is 19.5 Å². The Kier molecular flexibility index (Phi) is 9.33. The van der Waals surface area contributed by atoms with Crippen LogP contribution in [-0.2, 0) is 11.2 Å². The number of para-hydroxylation sites is 1. The van der Waals surface area contributed by atoms with Gasteiger partial charge >= 0.3 is 0 Å². The normalized spacial score (nSPS) is 15.8. The van der Waals surface area contributed by atoms with Gasteiger partial charge in [-0.3, -0.25) is 9.69 Å². The molecular formula is C29H33FN2O4S. The zero-order valence-electron chi connectivity index (χ0n) is 21.0. The molecule has 0 bridgehead atoms. The topological polar surface area (TPSA) is 62.2 Å². The molecule has 0 unspecified atom stereocenters. The van der Waals surface area contributed by atoms with Gasteiger partial charge in [0.2, 0.25) is 5.91 Å². The number of amides is 1. The number of carbonyl (C=O) groups excluding carboxylic acids is 1. The first kappa shape index (κ1) is 26.9. The molecule has 37 heavy (non-hydrogen) atoms. The molecule has 0 saturated heterocycles. The number of fused-ring (bicyclic) bond motifs is 1. The second-order valence-electron chi connectivity index (χ2n) is 9.13. The molecule has 4 rings (SSSR count). The van der Waals surface area contributed by atoms with Gasteiger partial charge in [-0.05, 0) is 66.2 Å². The van der Waals surface area contributed by atoms with E-state index in [2.05, 4.69) is 6.58 Å². The Balaban J connectivity index is 1.39. The molecule has 0 spiro atoms. The SMILES string of the molecule is C=CCN(CC(=O)N1CCc2sccc2[C@@H]1COc1ccc(F)cc1)C[C@@H](O)COc1ccccc1C. The lowest BCUT2D eigenvalue weighted by Gasteiger charge is -2.37. The molecule has 3 aromatic rings. The average Bonchev–Trinajstić information content (AvgIpc) is 3.37. The van der Waals surface area contributed by atoms with Crippen molar-refractivity contribution in [3.63, 3.8) is 0 Å². The predicted molar refractivity (Wildman–Crippen MR) is 144 cm³/mol. The Hall–Kier alpha value is -3.20. The summed E-state index contributed by atoms with van der Waals surface area (Å²) in [6, 6.07) is 15.4. The summed E-state index contributed by atoms with van der Waals surface area (Å²) in [4.78, 5) is 18.5. The van der Waals surface area contributed by atoms with Crippen molar-refractivity contribution in [1.29, 1.82) is 0 Å². The Morgan fingerprint density at radius 3 is 2.78 bits per heavy atom. The average molecular weight is 525 g/mol. The molecular weight excluding hydrogens is 491 g/mol. The minimum atomic E-state index is -0.769. The number of halogens is 1. The number of aliphatic hydroxyl groups is 1. The summed E-state index contributed by atoms with van der Waals surface area (Å²) in [5.41, 5.74) is 2.09. The first-order chi connectivity index (χ1) is 17.9. The molecule has 2 aromatic carbocycles. The van der Waals surface area contributed by atoms with Crippen LogP contribution in [0.1, 0.15) is 22.0 Å². The van der Waals surface area contributed by atoms with Gasteiger partial charge in [0.05, 0.1) is 12.6 Å². The fraction of sp³-hybridized carbons (Fsp3) is 0.345. The van der Waals surface area contributed by atoms with Crippen molar-refractivity contribution in [3.8, 4) is 11.5 Å². The summed E-state index contributed by atoms with van der Waals surface area (Å²) in [5, 5.41) is 12.7. The fourth-order valence-corrected chi connectivity index (χ4v) is 5.43. The highest BCUT2D eigenvalue weighted by Gasteiger charge is 2.33. The fourth-order valence-electron chi connectivity index (χ4n) is 4.50.